The zero-order valence-corrected chi connectivity index (χ0v) is 17.3. The van der Waals surface area contributed by atoms with Gasteiger partial charge >= 0.3 is 6.18 Å². The van der Waals surface area contributed by atoms with E-state index >= 15 is 0 Å². The van der Waals surface area contributed by atoms with Crippen molar-refractivity contribution in [1.29, 1.82) is 0 Å². The molecule has 0 unspecified atom stereocenters. The summed E-state index contributed by atoms with van der Waals surface area (Å²) in [5.41, 5.74) is 1.32. The van der Waals surface area contributed by atoms with E-state index in [1.807, 2.05) is 0 Å². The predicted octanol–water partition coefficient (Wildman–Crippen LogP) is 5.30. The number of imidazole rings is 1. The standard InChI is InChI=1S/C20H12BrF4N5O/c1-10-2-5-15-14(6-10)28-19(20(23,24)25)30(15)17-9-26-16(8-27-17)29-18(31)12-4-3-11(22)7-13(12)21/h2-9H,1H3,(H,26,29,31). The zero-order valence-electron chi connectivity index (χ0n) is 15.7. The maximum absolute atomic E-state index is 13.6. The van der Waals surface area contributed by atoms with Gasteiger partial charge in [-0.1, -0.05) is 6.07 Å². The fraction of sp³-hybridized carbons (Fsp3) is 0.100. The Morgan fingerprint density at radius 3 is 2.52 bits per heavy atom. The Balaban J connectivity index is 1.68. The van der Waals surface area contributed by atoms with Crippen LogP contribution in [-0.4, -0.2) is 25.4 Å². The average Bonchev–Trinajstić information content (AvgIpc) is 3.07. The molecule has 1 N–H and O–H groups in total. The molecule has 0 aliphatic carbocycles. The minimum absolute atomic E-state index is 0.0128. The summed E-state index contributed by atoms with van der Waals surface area (Å²) in [4.78, 5) is 24.1. The predicted molar refractivity (Wildman–Crippen MR) is 108 cm³/mol. The van der Waals surface area contributed by atoms with E-state index in [4.69, 9.17) is 0 Å². The van der Waals surface area contributed by atoms with E-state index in [2.05, 4.69) is 36.2 Å². The van der Waals surface area contributed by atoms with Gasteiger partial charge in [-0.15, -0.1) is 0 Å². The maximum atomic E-state index is 13.6. The Bertz CT molecular complexity index is 1300. The Kier molecular flexibility index (Phi) is 5.21. The van der Waals surface area contributed by atoms with Crippen molar-refractivity contribution in [1.82, 2.24) is 19.5 Å². The molecule has 2 heterocycles. The van der Waals surface area contributed by atoms with Crippen LogP contribution in [-0.2, 0) is 6.18 Å². The fourth-order valence-electron chi connectivity index (χ4n) is 2.97. The van der Waals surface area contributed by atoms with Crippen molar-refractivity contribution < 1.29 is 22.4 Å². The minimum Gasteiger partial charge on any atom is -0.305 e. The minimum atomic E-state index is -4.71. The number of fused-ring (bicyclic) bond motifs is 1. The highest BCUT2D eigenvalue weighted by molar-refractivity contribution is 9.10. The van der Waals surface area contributed by atoms with E-state index in [1.165, 1.54) is 12.1 Å². The van der Waals surface area contributed by atoms with E-state index in [1.54, 1.807) is 19.1 Å². The first-order valence-electron chi connectivity index (χ1n) is 8.78. The smallest absolute Gasteiger partial charge is 0.305 e. The molecule has 11 heteroatoms. The van der Waals surface area contributed by atoms with Gasteiger partial charge in [0, 0.05) is 4.47 Å². The number of anilines is 1. The summed E-state index contributed by atoms with van der Waals surface area (Å²) >= 11 is 3.10. The second-order valence-corrected chi connectivity index (χ2v) is 7.45. The van der Waals surface area contributed by atoms with Crippen molar-refractivity contribution in [2.45, 2.75) is 13.1 Å². The number of benzene rings is 2. The lowest BCUT2D eigenvalue weighted by atomic mass is 10.2. The second-order valence-electron chi connectivity index (χ2n) is 6.60. The highest BCUT2D eigenvalue weighted by Crippen LogP contribution is 2.33. The molecule has 1 amide bonds. The van der Waals surface area contributed by atoms with Gasteiger partial charge < -0.3 is 5.32 Å². The molecule has 0 spiro atoms. The molecule has 6 nitrogen and oxygen atoms in total. The average molecular weight is 494 g/mol. The van der Waals surface area contributed by atoms with Crippen LogP contribution in [0.15, 0.2) is 53.3 Å². The van der Waals surface area contributed by atoms with Gasteiger partial charge in [-0.25, -0.2) is 19.3 Å². The van der Waals surface area contributed by atoms with Crippen molar-refractivity contribution in [3.8, 4) is 5.82 Å². The molecule has 158 valence electrons. The molecule has 31 heavy (non-hydrogen) atoms. The number of halogens is 5. The quantitative estimate of drug-likeness (QED) is 0.393. The third-order valence-electron chi connectivity index (χ3n) is 4.35. The van der Waals surface area contributed by atoms with Crippen molar-refractivity contribution in [2.24, 2.45) is 0 Å². The van der Waals surface area contributed by atoms with Gasteiger partial charge in [0.1, 0.15) is 5.82 Å². The van der Waals surface area contributed by atoms with E-state index in [-0.39, 0.29) is 32.7 Å². The highest BCUT2D eigenvalue weighted by atomic mass is 79.9. The molecule has 0 fully saturated rings. The van der Waals surface area contributed by atoms with Gasteiger partial charge in [-0.3, -0.25) is 9.36 Å². The third-order valence-corrected chi connectivity index (χ3v) is 5.00. The summed E-state index contributed by atoms with van der Waals surface area (Å²) in [6.07, 6.45) is -2.48. The summed E-state index contributed by atoms with van der Waals surface area (Å²) in [7, 11) is 0. The van der Waals surface area contributed by atoms with Crippen LogP contribution in [0.4, 0.5) is 23.4 Å². The second kappa shape index (κ2) is 7.73. The molecule has 0 radical (unpaired) electrons. The highest BCUT2D eigenvalue weighted by Gasteiger charge is 2.38. The maximum Gasteiger partial charge on any atom is 0.450 e. The molecule has 2 aromatic heterocycles. The van der Waals surface area contributed by atoms with E-state index in [0.717, 1.165) is 34.7 Å². The Morgan fingerprint density at radius 2 is 1.87 bits per heavy atom. The number of hydrogen-bond donors (Lipinski definition) is 1. The van der Waals surface area contributed by atoms with Crippen LogP contribution in [0.25, 0.3) is 16.9 Å². The molecule has 0 aliphatic heterocycles. The van der Waals surface area contributed by atoms with Gasteiger partial charge in [-0.2, -0.15) is 13.2 Å². The lowest BCUT2D eigenvalue weighted by Crippen LogP contribution is -2.16. The van der Waals surface area contributed by atoms with Crippen LogP contribution >= 0.6 is 15.9 Å². The largest absolute Gasteiger partial charge is 0.450 e. The monoisotopic (exact) mass is 493 g/mol. The summed E-state index contributed by atoms with van der Waals surface area (Å²) < 4.78 is 55.0. The zero-order chi connectivity index (χ0) is 22.3. The lowest BCUT2D eigenvalue weighted by Gasteiger charge is -2.11. The van der Waals surface area contributed by atoms with Crippen LogP contribution in [0, 0.1) is 12.7 Å². The van der Waals surface area contributed by atoms with E-state index in [0.29, 0.717) is 0 Å². The molecular weight excluding hydrogens is 482 g/mol. The van der Waals surface area contributed by atoms with Crippen molar-refractivity contribution in [3.63, 3.8) is 0 Å². The number of rotatable bonds is 3. The van der Waals surface area contributed by atoms with Crippen molar-refractivity contribution >= 4 is 38.7 Å². The van der Waals surface area contributed by atoms with Crippen molar-refractivity contribution in [3.05, 3.63) is 76.0 Å². The molecule has 0 atom stereocenters. The Morgan fingerprint density at radius 1 is 1.10 bits per heavy atom. The van der Waals surface area contributed by atoms with Gasteiger partial charge in [0.25, 0.3) is 5.91 Å². The summed E-state index contributed by atoms with van der Waals surface area (Å²) in [6.45, 7) is 1.75. The number of nitrogens with zero attached hydrogens (tertiary/aromatic N) is 4. The molecule has 0 saturated carbocycles. The Hall–Kier alpha value is -3.34. The number of aromatic nitrogens is 4. The SMILES string of the molecule is Cc1ccc2c(c1)nc(C(F)(F)F)n2-c1cnc(NC(=O)c2ccc(F)cc2Br)cn1. The number of aryl methyl sites for hydroxylation is 1. The van der Waals surface area contributed by atoms with Gasteiger partial charge in [-0.05, 0) is 58.7 Å². The summed E-state index contributed by atoms with van der Waals surface area (Å²) in [5.74, 6) is -2.34. The molecule has 4 aromatic rings. The number of carbonyl (C=O) groups excluding carboxylic acids is 1. The van der Waals surface area contributed by atoms with E-state index < -0.39 is 23.7 Å². The molecular formula is C20H12BrF4N5O. The first-order valence-corrected chi connectivity index (χ1v) is 9.58. The third kappa shape index (κ3) is 4.13. The molecule has 4 rings (SSSR count). The van der Waals surface area contributed by atoms with Gasteiger partial charge in [0.05, 0.1) is 29.0 Å². The number of nitrogens with one attached hydrogen (secondary N) is 1. The number of amides is 1. The first-order chi connectivity index (χ1) is 14.6. The van der Waals surface area contributed by atoms with Gasteiger partial charge in [0.2, 0.25) is 5.82 Å². The van der Waals surface area contributed by atoms with Crippen molar-refractivity contribution in [2.75, 3.05) is 5.32 Å². The number of carbonyl (C=O) groups is 1. The summed E-state index contributed by atoms with van der Waals surface area (Å²) in [6, 6.07) is 8.28. The van der Waals surface area contributed by atoms with Crippen LogP contribution in [0.1, 0.15) is 21.7 Å². The van der Waals surface area contributed by atoms with E-state index in [9.17, 15) is 22.4 Å². The summed E-state index contributed by atoms with van der Waals surface area (Å²) in [5, 5.41) is 2.47. The van der Waals surface area contributed by atoms with Crippen LogP contribution in [0.2, 0.25) is 0 Å². The molecule has 0 saturated heterocycles. The normalized spacial score (nSPS) is 11.7. The molecule has 0 aliphatic rings. The lowest BCUT2D eigenvalue weighted by molar-refractivity contribution is -0.145. The number of hydrogen-bond acceptors (Lipinski definition) is 4. The first kappa shape index (κ1) is 20.9. The molecule has 0 bridgehead atoms. The fourth-order valence-corrected chi connectivity index (χ4v) is 3.50. The van der Waals surface area contributed by atoms with Gasteiger partial charge in [0.15, 0.2) is 11.6 Å². The Labute approximate surface area is 181 Å². The number of alkyl halides is 3. The topological polar surface area (TPSA) is 72.7 Å². The van der Waals surface area contributed by atoms with Crippen LogP contribution in [0.5, 0.6) is 0 Å². The molecule has 2 aromatic carbocycles. The van der Waals surface area contributed by atoms with Crippen LogP contribution in [0.3, 0.4) is 0 Å². The van der Waals surface area contributed by atoms with Crippen LogP contribution < -0.4 is 5.32 Å².